The normalized spacial score (nSPS) is 11.9. The van der Waals surface area contributed by atoms with Crippen LogP contribution in [0.15, 0.2) is 29.8 Å². The van der Waals surface area contributed by atoms with E-state index < -0.39 is 8.80 Å². The Kier molecular flexibility index (Phi) is 5.29. The minimum Gasteiger partial charge on any atom is -0.373 e. The summed E-state index contributed by atoms with van der Waals surface area (Å²) in [6.45, 7) is 5.17. The minimum atomic E-state index is -2.72. The highest BCUT2D eigenvalue weighted by atomic mass is 32.1. The molecule has 0 bridgehead atoms. The fraction of sp³-hybridized carbons (Fsp3) is 0.400. The summed E-state index contributed by atoms with van der Waals surface area (Å²) in [5, 5.41) is 0.974. The van der Waals surface area contributed by atoms with Crippen LogP contribution in [0, 0.1) is 13.8 Å². The molecule has 0 radical (unpaired) electrons. The Morgan fingerprint density at radius 1 is 1.00 bits per heavy atom. The molecule has 0 unspecified atom stereocenters. The molecule has 0 amide bonds. The van der Waals surface area contributed by atoms with E-state index in [9.17, 15) is 0 Å². The van der Waals surface area contributed by atoms with Gasteiger partial charge < -0.3 is 13.3 Å². The zero-order valence-corrected chi connectivity index (χ0v) is 15.0. The number of hydrogen-bond acceptors (Lipinski definition) is 4. The van der Waals surface area contributed by atoms with E-state index >= 15 is 0 Å². The van der Waals surface area contributed by atoms with E-state index in [1.165, 1.54) is 16.1 Å². The number of aryl methyl sites for hydroxylation is 1. The first-order valence-electron chi connectivity index (χ1n) is 6.75. The third-order valence-electron chi connectivity index (χ3n) is 3.76. The van der Waals surface area contributed by atoms with E-state index in [1.54, 1.807) is 32.7 Å². The van der Waals surface area contributed by atoms with Crippen molar-refractivity contribution < 1.29 is 17.8 Å². The maximum atomic E-state index is 5.49. The largest absolute Gasteiger partial charge is 0.536 e. The van der Waals surface area contributed by atoms with Crippen LogP contribution in [0.1, 0.15) is 16.1 Å². The average Bonchev–Trinajstić information content (AvgIpc) is 2.83. The third kappa shape index (κ3) is 3.25. The first kappa shape index (κ1) is 16.3. The molecular formula is C15H22NO3SSi+. The van der Waals surface area contributed by atoms with E-state index in [2.05, 4.69) is 36.1 Å². The maximum Gasteiger partial charge on any atom is 0.536 e. The quantitative estimate of drug-likeness (QED) is 0.600. The maximum absolute atomic E-state index is 5.49. The molecule has 1 heterocycles. The third-order valence-corrected chi connectivity index (χ3v) is 7.43. The summed E-state index contributed by atoms with van der Waals surface area (Å²) >= 11 is 1.78. The number of hydrogen-bond donors (Lipinski definition) is 0. The number of nitrogens with zero attached hydrogens (tertiary/aromatic N) is 1. The predicted molar refractivity (Wildman–Crippen MR) is 85.9 cm³/mol. The van der Waals surface area contributed by atoms with Gasteiger partial charge in [-0.25, -0.2) is 0 Å². The van der Waals surface area contributed by atoms with Crippen LogP contribution in [0.3, 0.4) is 0 Å². The van der Waals surface area contributed by atoms with Crippen molar-refractivity contribution in [2.75, 3.05) is 21.3 Å². The van der Waals surface area contributed by atoms with E-state index in [4.69, 9.17) is 13.3 Å². The molecule has 21 heavy (non-hydrogen) atoms. The Balaban J connectivity index is 2.21. The lowest BCUT2D eigenvalue weighted by atomic mass is 10.2. The van der Waals surface area contributed by atoms with E-state index in [1.807, 2.05) is 12.1 Å². The zero-order valence-electron chi connectivity index (χ0n) is 13.2. The van der Waals surface area contributed by atoms with E-state index in [-0.39, 0.29) is 0 Å². The zero-order chi connectivity index (χ0) is 15.5. The standard InChI is InChI=1S/C15H22NO3SSi/c1-12-13(2)20-11-16(12)10-14-6-8-15(9-7-14)21(17-3,18-4)19-5/h6-9,11H,10H2,1-5H3/q+1. The van der Waals surface area contributed by atoms with Crippen LogP contribution in [-0.2, 0) is 19.8 Å². The van der Waals surface area contributed by atoms with Crippen molar-refractivity contribution in [2.45, 2.75) is 20.4 Å². The summed E-state index contributed by atoms with van der Waals surface area (Å²) in [5.74, 6) is 0. The number of aromatic nitrogens is 1. The van der Waals surface area contributed by atoms with Crippen LogP contribution in [0.2, 0.25) is 0 Å². The van der Waals surface area contributed by atoms with Gasteiger partial charge in [-0.3, -0.25) is 0 Å². The molecule has 2 rings (SSSR count). The van der Waals surface area contributed by atoms with Crippen molar-refractivity contribution in [1.82, 2.24) is 0 Å². The highest BCUT2D eigenvalue weighted by Crippen LogP contribution is 2.11. The summed E-state index contributed by atoms with van der Waals surface area (Å²) in [6.07, 6.45) is 0. The molecule has 0 aliphatic heterocycles. The first-order chi connectivity index (χ1) is 10.1. The molecule has 4 nitrogen and oxygen atoms in total. The van der Waals surface area contributed by atoms with Crippen molar-refractivity contribution >= 4 is 25.3 Å². The lowest BCUT2D eigenvalue weighted by molar-refractivity contribution is -0.689. The first-order valence-corrected chi connectivity index (χ1v) is 9.35. The van der Waals surface area contributed by atoms with Crippen LogP contribution in [0.4, 0.5) is 0 Å². The Morgan fingerprint density at radius 2 is 1.57 bits per heavy atom. The summed E-state index contributed by atoms with van der Waals surface area (Å²) in [4.78, 5) is 1.36. The Morgan fingerprint density at radius 3 is 2.00 bits per heavy atom. The number of benzene rings is 1. The van der Waals surface area contributed by atoms with Gasteiger partial charge >= 0.3 is 8.80 Å². The second-order valence-corrected chi connectivity index (χ2v) is 8.83. The van der Waals surface area contributed by atoms with Gasteiger partial charge in [0.05, 0.1) is 4.88 Å². The topological polar surface area (TPSA) is 31.6 Å². The molecule has 1 aromatic carbocycles. The molecule has 0 atom stereocenters. The molecule has 6 heteroatoms. The highest BCUT2D eigenvalue weighted by Gasteiger charge is 2.40. The van der Waals surface area contributed by atoms with Gasteiger partial charge in [0, 0.05) is 39.0 Å². The summed E-state index contributed by atoms with van der Waals surface area (Å²) < 4.78 is 18.7. The Bertz CT molecular complexity index is 585. The van der Waals surface area contributed by atoms with Crippen molar-refractivity contribution in [3.63, 3.8) is 0 Å². The molecule has 0 saturated heterocycles. The van der Waals surface area contributed by atoms with Crippen LogP contribution in [0.5, 0.6) is 0 Å². The van der Waals surface area contributed by atoms with Crippen LogP contribution < -0.4 is 9.75 Å². The van der Waals surface area contributed by atoms with Crippen molar-refractivity contribution in [2.24, 2.45) is 0 Å². The predicted octanol–water partition coefficient (Wildman–Crippen LogP) is 1.79. The lowest BCUT2D eigenvalue weighted by Gasteiger charge is -2.24. The van der Waals surface area contributed by atoms with Gasteiger partial charge in [-0.2, -0.15) is 4.57 Å². The second-order valence-electron chi connectivity index (χ2n) is 4.86. The van der Waals surface area contributed by atoms with Gasteiger partial charge in [-0.1, -0.05) is 35.6 Å². The summed E-state index contributed by atoms with van der Waals surface area (Å²) in [5.41, 5.74) is 4.73. The van der Waals surface area contributed by atoms with Crippen molar-refractivity contribution in [3.8, 4) is 0 Å². The fourth-order valence-corrected chi connectivity index (χ4v) is 4.87. The average molecular weight is 324 g/mol. The lowest BCUT2D eigenvalue weighted by Crippen LogP contribution is -2.54. The smallest absolute Gasteiger partial charge is 0.373 e. The SMILES string of the molecule is CO[Si](OC)(OC)c1ccc(C[n+]2csc(C)c2C)cc1. The fourth-order valence-electron chi connectivity index (χ4n) is 2.28. The van der Waals surface area contributed by atoms with Crippen molar-refractivity contribution in [3.05, 3.63) is 45.9 Å². The van der Waals surface area contributed by atoms with Gasteiger partial charge in [-0.15, -0.1) is 0 Å². The molecule has 114 valence electrons. The molecular weight excluding hydrogens is 302 g/mol. The molecule has 2 aromatic rings. The van der Waals surface area contributed by atoms with Gasteiger partial charge in [0.1, 0.15) is 0 Å². The van der Waals surface area contributed by atoms with E-state index in [0.717, 1.165) is 11.7 Å². The van der Waals surface area contributed by atoms with Gasteiger partial charge in [0.2, 0.25) is 5.51 Å². The minimum absolute atomic E-state index is 0.873. The molecule has 0 N–H and O–H groups in total. The van der Waals surface area contributed by atoms with Crippen molar-refractivity contribution in [1.29, 1.82) is 0 Å². The molecule has 0 aliphatic carbocycles. The molecule has 0 spiro atoms. The van der Waals surface area contributed by atoms with Crippen LogP contribution >= 0.6 is 11.3 Å². The number of rotatable bonds is 6. The molecule has 1 aromatic heterocycles. The summed E-state index contributed by atoms with van der Waals surface area (Å²) in [6, 6.07) is 8.28. The highest BCUT2D eigenvalue weighted by molar-refractivity contribution is 7.09. The number of thiazole rings is 1. The molecule has 0 saturated carbocycles. The molecule has 0 aliphatic rings. The monoisotopic (exact) mass is 324 g/mol. The van der Waals surface area contributed by atoms with Gasteiger partial charge in [-0.05, 0) is 6.92 Å². The Hall–Kier alpha value is -1.05. The second kappa shape index (κ2) is 6.80. The van der Waals surface area contributed by atoms with E-state index in [0.29, 0.717) is 0 Å². The Labute approximate surface area is 131 Å². The molecule has 0 fully saturated rings. The van der Waals surface area contributed by atoms with Crippen LogP contribution in [0.25, 0.3) is 0 Å². The van der Waals surface area contributed by atoms with Crippen LogP contribution in [-0.4, -0.2) is 30.1 Å². The van der Waals surface area contributed by atoms with Gasteiger partial charge in [0.25, 0.3) is 0 Å². The summed E-state index contributed by atoms with van der Waals surface area (Å²) in [7, 11) is 2.16. The van der Waals surface area contributed by atoms with Gasteiger partial charge in [0.15, 0.2) is 12.2 Å².